The number of carbonyl (C=O) groups excluding carboxylic acids is 1. The van der Waals surface area contributed by atoms with E-state index in [1.54, 1.807) is 24.3 Å². The topological polar surface area (TPSA) is 51.2 Å². The number of amides is 1. The van der Waals surface area contributed by atoms with Gasteiger partial charge in [0.05, 0.1) is 21.3 Å². The third kappa shape index (κ3) is 3.23. The lowest BCUT2D eigenvalue weighted by Gasteiger charge is -2.26. The van der Waals surface area contributed by atoms with Gasteiger partial charge in [0.1, 0.15) is 0 Å². The molecule has 0 saturated heterocycles. The Balaban J connectivity index is 2.90. The minimum atomic E-state index is -0.415. The summed E-state index contributed by atoms with van der Waals surface area (Å²) in [7, 11) is 4.05. The first-order valence-electron chi connectivity index (χ1n) is 5.01. The third-order valence-corrected chi connectivity index (χ3v) is 2.36. The molecular weight excluding hydrogens is 256 g/mol. The fourth-order valence-corrected chi connectivity index (χ4v) is 1.56. The average molecular weight is 270 g/mol. The van der Waals surface area contributed by atoms with Gasteiger partial charge in [-0.05, 0) is 24.4 Å². The standard InChI is InChI=1S/C11H14N2O4S/c1-15-12(11(18)13(16-2)17-3)10(14)9-7-5-4-6-8-9/h4-8H,1-3H3. The van der Waals surface area contributed by atoms with Crippen molar-refractivity contribution in [1.82, 2.24) is 10.3 Å². The van der Waals surface area contributed by atoms with Gasteiger partial charge in [-0.15, -0.1) is 0 Å². The number of carbonyl (C=O) groups is 1. The quantitative estimate of drug-likeness (QED) is 0.609. The van der Waals surface area contributed by atoms with E-state index in [-0.39, 0.29) is 5.11 Å². The molecule has 0 bridgehead atoms. The lowest BCUT2D eigenvalue weighted by Crippen LogP contribution is -2.44. The molecule has 7 heteroatoms. The highest BCUT2D eigenvalue weighted by atomic mass is 32.1. The molecule has 0 unspecified atom stereocenters. The molecule has 0 spiro atoms. The van der Waals surface area contributed by atoms with Crippen molar-refractivity contribution in [2.45, 2.75) is 0 Å². The molecule has 1 rings (SSSR count). The van der Waals surface area contributed by atoms with Crippen LogP contribution in [0.3, 0.4) is 0 Å². The van der Waals surface area contributed by atoms with Crippen molar-refractivity contribution in [1.29, 1.82) is 0 Å². The minimum Gasteiger partial charge on any atom is -0.267 e. The number of rotatable bonds is 4. The van der Waals surface area contributed by atoms with Gasteiger partial charge < -0.3 is 0 Å². The van der Waals surface area contributed by atoms with Gasteiger partial charge in [-0.1, -0.05) is 23.4 Å². The zero-order valence-electron chi connectivity index (χ0n) is 10.3. The van der Waals surface area contributed by atoms with Crippen LogP contribution in [-0.2, 0) is 14.5 Å². The molecule has 0 fully saturated rings. The summed E-state index contributed by atoms with van der Waals surface area (Å²) >= 11 is 5.03. The Kier molecular flexibility index (Phi) is 5.66. The number of thiocarbonyl (C=S) groups is 1. The van der Waals surface area contributed by atoms with Gasteiger partial charge in [0.25, 0.3) is 11.0 Å². The van der Waals surface area contributed by atoms with E-state index in [4.69, 9.17) is 26.7 Å². The van der Waals surface area contributed by atoms with Crippen LogP contribution in [0.25, 0.3) is 0 Å². The van der Waals surface area contributed by atoms with E-state index in [0.29, 0.717) is 5.56 Å². The maximum Gasteiger partial charge on any atom is 0.284 e. The van der Waals surface area contributed by atoms with Crippen molar-refractivity contribution in [3.63, 3.8) is 0 Å². The Bertz CT molecular complexity index is 409. The molecule has 0 atom stereocenters. The normalized spacial score (nSPS) is 9.94. The molecule has 18 heavy (non-hydrogen) atoms. The Hall–Kier alpha value is -1.54. The van der Waals surface area contributed by atoms with Crippen molar-refractivity contribution in [3.8, 4) is 0 Å². The molecule has 0 heterocycles. The van der Waals surface area contributed by atoms with E-state index < -0.39 is 5.91 Å². The van der Waals surface area contributed by atoms with Gasteiger partial charge >= 0.3 is 0 Å². The van der Waals surface area contributed by atoms with Crippen LogP contribution in [0, 0.1) is 0 Å². The van der Waals surface area contributed by atoms with Gasteiger partial charge in [0.2, 0.25) is 0 Å². The van der Waals surface area contributed by atoms with Gasteiger partial charge in [0.15, 0.2) is 0 Å². The molecular formula is C11H14N2O4S. The maximum absolute atomic E-state index is 12.1. The number of hydrogen-bond donors (Lipinski definition) is 0. The van der Waals surface area contributed by atoms with Crippen LogP contribution in [0.4, 0.5) is 0 Å². The zero-order valence-corrected chi connectivity index (χ0v) is 11.1. The first-order chi connectivity index (χ1) is 8.65. The highest BCUT2D eigenvalue weighted by Crippen LogP contribution is 2.08. The van der Waals surface area contributed by atoms with Crippen molar-refractivity contribution in [2.24, 2.45) is 0 Å². The van der Waals surface area contributed by atoms with Crippen LogP contribution < -0.4 is 0 Å². The van der Waals surface area contributed by atoms with Crippen LogP contribution in [-0.4, -0.2) is 42.6 Å². The van der Waals surface area contributed by atoms with Gasteiger partial charge in [-0.3, -0.25) is 9.63 Å². The summed E-state index contributed by atoms with van der Waals surface area (Å²) in [5.41, 5.74) is 0.439. The molecule has 0 aliphatic heterocycles. The third-order valence-electron chi connectivity index (χ3n) is 2.05. The first-order valence-corrected chi connectivity index (χ1v) is 5.42. The van der Waals surface area contributed by atoms with Gasteiger partial charge in [-0.2, -0.15) is 5.06 Å². The van der Waals surface area contributed by atoms with E-state index in [1.807, 2.05) is 6.07 Å². The fourth-order valence-electron chi connectivity index (χ4n) is 1.25. The summed E-state index contributed by atoms with van der Waals surface area (Å²) in [6.45, 7) is 0. The Morgan fingerprint density at radius 3 is 2.06 bits per heavy atom. The number of nitrogens with zero attached hydrogens (tertiary/aromatic N) is 2. The van der Waals surface area contributed by atoms with Crippen LogP contribution in [0.1, 0.15) is 10.4 Å². The number of hydroxylamine groups is 4. The molecule has 0 saturated carbocycles. The molecule has 0 aliphatic carbocycles. The molecule has 98 valence electrons. The first kappa shape index (κ1) is 14.5. The SMILES string of the molecule is CON(OC)C(=S)N(OC)C(=O)c1ccccc1. The van der Waals surface area contributed by atoms with Crippen molar-refractivity contribution in [3.05, 3.63) is 35.9 Å². The number of benzene rings is 1. The number of hydrogen-bond acceptors (Lipinski definition) is 5. The van der Waals surface area contributed by atoms with Gasteiger partial charge in [0, 0.05) is 5.56 Å². The van der Waals surface area contributed by atoms with E-state index in [0.717, 1.165) is 10.3 Å². The summed E-state index contributed by atoms with van der Waals surface area (Å²) in [6.07, 6.45) is 0. The molecule has 1 aromatic carbocycles. The summed E-state index contributed by atoms with van der Waals surface area (Å²) < 4.78 is 0. The predicted octanol–water partition coefficient (Wildman–Crippen LogP) is 1.40. The second kappa shape index (κ2) is 7.02. The Morgan fingerprint density at radius 1 is 1.06 bits per heavy atom. The minimum absolute atomic E-state index is 0.0589. The summed E-state index contributed by atoms with van der Waals surface area (Å²) in [6, 6.07) is 8.60. The Morgan fingerprint density at radius 2 is 1.61 bits per heavy atom. The average Bonchev–Trinajstić information content (AvgIpc) is 2.42. The van der Waals surface area contributed by atoms with Crippen molar-refractivity contribution < 1.29 is 19.3 Å². The van der Waals surface area contributed by atoms with Crippen LogP contribution >= 0.6 is 12.2 Å². The molecule has 1 amide bonds. The van der Waals surface area contributed by atoms with Crippen molar-refractivity contribution >= 4 is 23.2 Å². The largest absolute Gasteiger partial charge is 0.284 e. The smallest absolute Gasteiger partial charge is 0.267 e. The molecule has 0 N–H and O–H groups in total. The van der Waals surface area contributed by atoms with Crippen LogP contribution in [0.5, 0.6) is 0 Å². The van der Waals surface area contributed by atoms with E-state index >= 15 is 0 Å². The summed E-state index contributed by atoms with van der Waals surface area (Å²) in [5.74, 6) is -0.415. The second-order valence-corrected chi connectivity index (χ2v) is 3.42. The molecule has 0 aromatic heterocycles. The second-order valence-electron chi connectivity index (χ2n) is 3.05. The van der Waals surface area contributed by atoms with Crippen LogP contribution in [0.2, 0.25) is 0 Å². The molecule has 1 aromatic rings. The van der Waals surface area contributed by atoms with Crippen LogP contribution in [0.15, 0.2) is 30.3 Å². The molecule has 6 nitrogen and oxygen atoms in total. The molecule has 0 radical (unpaired) electrons. The highest BCUT2D eigenvalue weighted by Gasteiger charge is 2.25. The van der Waals surface area contributed by atoms with E-state index in [2.05, 4.69) is 0 Å². The summed E-state index contributed by atoms with van der Waals surface area (Å²) in [5, 5.41) is 1.73. The lowest BCUT2D eigenvalue weighted by molar-refractivity contribution is -0.296. The Labute approximate surface area is 110 Å². The lowest BCUT2D eigenvalue weighted by atomic mass is 10.2. The van der Waals surface area contributed by atoms with Gasteiger partial charge in [-0.25, -0.2) is 9.68 Å². The van der Waals surface area contributed by atoms with E-state index in [1.165, 1.54) is 21.3 Å². The summed E-state index contributed by atoms with van der Waals surface area (Å²) in [4.78, 5) is 26.7. The zero-order chi connectivity index (χ0) is 13.5. The maximum atomic E-state index is 12.1. The predicted molar refractivity (Wildman–Crippen MR) is 68.1 cm³/mol. The monoisotopic (exact) mass is 270 g/mol. The van der Waals surface area contributed by atoms with E-state index in [9.17, 15) is 4.79 Å². The fraction of sp³-hybridized carbons (Fsp3) is 0.273. The highest BCUT2D eigenvalue weighted by molar-refractivity contribution is 7.80. The van der Waals surface area contributed by atoms with Crippen molar-refractivity contribution in [2.75, 3.05) is 21.3 Å². The molecule has 0 aliphatic rings.